The molecule has 0 aliphatic rings. The van der Waals surface area contributed by atoms with Crippen molar-refractivity contribution in [3.8, 4) is 0 Å². The molecule has 0 amide bonds. The Morgan fingerprint density at radius 3 is 1.43 bits per heavy atom. The predicted octanol–water partition coefficient (Wildman–Crippen LogP) is -0.223. The Balaban J connectivity index is 4.29. The highest BCUT2D eigenvalue weighted by molar-refractivity contribution is 6.39. The molecule has 14 heavy (non-hydrogen) atoms. The summed E-state index contributed by atoms with van der Waals surface area (Å²) < 4.78 is 0. The van der Waals surface area contributed by atoms with Crippen LogP contribution in [-0.4, -0.2) is 11.7 Å². The summed E-state index contributed by atoms with van der Waals surface area (Å²) in [7, 11) is 0. The maximum Gasteiger partial charge on any atom is 0.188 e. The minimum Gasteiger partial charge on any atom is -0.379 e. The number of hydrogen-bond acceptors (Lipinski definition) is 4. The molecule has 6 heteroatoms. The van der Waals surface area contributed by atoms with Crippen molar-refractivity contribution < 1.29 is 0 Å². The highest BCUT2D eigenvalue weighted by Crippen LogP contribution is 1.80. The summed E-state index contributed by atoms with van der Waals surface area (Å²) in [5, 5.41) is 7.44. The number of nitrogens with one attached hydrogen (secondary N) is 2. The van der Waals surface area contributed by atoms with E-state index in [9.17, 15) is 0 Å². The molecule has 0 spiro atoms. The van der Waals surface area contributed by atoms with Gasteiger partial charge in [0.15, 0.2) is 11.7 Å². The van der Waals surface area contributed by atoms with Crippen LogP contribution >= 0.6 is 0 Å². The van der Waals surface area contributed by atoms with Gasteiger partial charge in [-0.3, -0.25) is 10.9 Å². The first-order valence-electron chi connectivity index (χ1n) is 3.93. The highest BCUT2D eigenvalue weighted by atomic mass is 15.3. The fourth-order valence-corrected chi connectivity index (χ4v) is 0.426. The van der Waals surface area contributed by atoms with Crippen LogP contribution in [0.15, 0.2) is 34.8 Å². The summed E-state index contributed by atoms with van der Waals surface area (Å²) in [6.45, 7) is 10.6. The van der Waals surface area contributed by atoms with Gasteiger partial charge in [-0.15, -0.1) is 0 Å². The van der Waals surface area contributed by atoms with E-state index in [-0.39, 0.29) is 11.7 Å². The van der Waals surface area contributed by atoms with E-state index in [1.165, 1.54) is 0 Å². The lowest BCUT2D eigenvalue weighted by molar-refractivity contribution is 0.880. The molecule has 6 nitrogen and oxygen atoms in total. The Hall–Kier alpha value is -1.98. The van der Waals surface area contributed by atoms with Crippen molar-refractivity contribution in [2.24, 2.45) is 21.7 Å². The standard InChI is InChI=1S/C8H16N6/c1-5(2)11-13-7(9)8(10)14-12-6(3)4/h11-12H,1,3H2,2,4H3,(H2,9,13)(H2,10,14). The summed E-state index contributed by atoms with van der Waals surface area (Å²) in [6.07, 6.45) is 0. The third-order valence-electron chi connectivity index (χ3n) is 0.997. The Kier molecular flexibility index (Phi) is 4.83. The van der Waals surface area contributed by atoms with Gasteiger partial charge in [-0.2, -0.15) is 10.2 Å². The zero-order valence-corrected chi connectivity index (χ0v) is 8.46. The first-order chi connectivity index (χ1) is 6.43. The van der Waals surface area contributed by atoms with Crippen molar-refractivity contribution in [3.05, 3.63) is 24.6 Å². The van der Waals surface area contributed by atoms with Crippen molar-refractivity contribution in [2.75, 3.05) is 0 Å². The Morgan fingerprint density at radius 1 is 0.929 bits per heavy atom. The van der Waals surface area contributed by atoms with E-state index in [1.807, 2.05) is 0 Å². The van der Waals surface area contributed by atoms with E-state index in [0.717, 1.165) is 0 Å². The molecule has 0 rings (SSSR count). The lowest BCUT2D eigenvalue weighted by atomic mass is 10.5. The van der Waals surface area contributed by atoms with E-state index in [4.69, 9.17) is 11.5 Å². The van der Waals surface area contributed by atoms with Crippen LogP contribution in [-0.2, 0) is 0 Å². The number of amidine groups is 2. The van der Waals surface area contributed by atoms with Crippen molar-refractivity contribution >= 4 is 11.7 Å². The van der Waals surface area contributed by atoms with E-state index in [2.05, 4.69) is 34.2 Å². The van der Waals surface area contributed by atoms with Crippen molar-refractivity contribution in [3.63, 3.8) is 0 Å². The van der Waals surface area contributed by atoms with Crippen LogP contribution < -0.4 is 22.3 Å². The molecule has 0 saturated carbocycles. The van der Waals surface area contributed by atoms with Gasteiger partial charge in [-0.1, -0.05) is 13.2 Å². The maximum atomic E-state index is 5.47. The normalized spacial score (nSPS) is 12.1. The fraction of sp³-hybridized carbons (Fsp3) is 0.250. The first-order valence-corrected chi connectivity index (χ1v) is 3.93. The molecule has 0 aromatic rings. The molecule has 78 valence electrons. The number of nitrogens with two attached hydrogens (primary N) is 2. The van der Waals surface area contributed by atoms with Crippen molar-refractivity contribution in [1.82, 2.24) is 10.9 Å². The monoisotopic (exact) mass is 196 g/mol. The second kappa shape index (κ2) is 5.63. The Labute approximate surface area is 83.4 Å². The summed E-state index contributed by atoms with van der Waals surface area (Å²) >= 11 is 0. The van der Waals surface area contributed by atoms with E-state index >= 15 is 0 Å². The van der Waals surface area contributed by atoms with Gasteiger partial charge in [0.1, 0.15) is 0 Å². The van der Waals surface area contributed by atoms with Crippen molar-refractivity contribution in [1.29, 1.82) is 0 Å². The lowest BCUT2D eigenvalue weighted by Gasteiger charge is -2.02. The second-order valence-electron chi connectivity index (χ2n) is 2.78. The van der Waals surface area contributed by atoms with Crippen LogP contribution in [0.25, 0.3) is 0 Å². The summed E-state index contributed by atoms with van der Waals surface area (Å²) in [6, 6.07) is 0. The highest BCUT2D eigenvalue weighted by Gasteiger charge is 1.97. The maximum absolute atomic E-state index is 5.47. The summed E-state index contributed by atoms with van der Waals surface area (Å²) in [5.74, 6) is 0.170. The van der Waals surface area contributed by atoms with Crippen LogP contribution in [0.4, 0.5) is 0 Å². The van der Waals surface area contributed by atoms with Crippen LogP contribution in [0.3, 0.4) is 0 Å². The molecule has 0 aromatic carbocycles. The van der Waals surface area contributed by atoms with Gasteiger partial charge in [-0.25, -0.2) is 0 Å². The largest absolute Gasteiger partial charge is 0.379 e. The van der Waals surface area contributed by atoms with E-state index in [1.54, 1.807) is 13.8 Å². The molecular weight excluding hydrogens is 180 g/mol. The molecule has 0 atom stereocenters. The SMILES string of the molecule is C=C(C)NN=C(N)C(N)=NNC(=C)C. The molecule has 0 fully saturated rings. The minimum absolute atomic E-state index is 0.0850. The molecule has 0 aliphatic heterocycles. The number of rotatable bonds is 4. The van der Waals surface area contributed by atoms with Crippen LogP contribution in [0.5, 0.6) is 0 Å². The van der Waals surface area contributed by atoms with Gasteiger partial charge in [0.2, 0.25) is 0 Å². The van der Waals surface area contributed by atoms with Gasteiger partial charge < -0.3 is 11.5 Å². The molecule has 6 N–H and O–H groups in total. The van der Waals surface area contributed by atoms with Gasteiger partial charge >= 0.3 is 0 Å². The third-order valence-corrected chi connectivity index (χ3v) is 0.997. The van der Waals surface area contributed by atoms with Crippen molar-refractivity contribution in [2.45, 2.75) is 13.8 Å². The second-order valence-corrected chi connectivity index (χ2v) is 2.78. The van der Waals surface area contributed by atoms with Crippen LogP contribution in [0, 0.1) is 0 Å². The van der Waals surface area contributed by atoms with Gasteiger partial charge in [-0.05, 0) is 13.8 Å². The third kappa shape index (κ3) is 5.64. The van der Waals surface area contributed by atoms with Gasteiger partial charge in [0, 0.05) is 11.4 Å². The van der Waals surface area contributed by atoms with Crippen LogP contribution in [0.2, 0.25) is 0 Å². The van der Waals surface area contributed by atoms with E-state index < -0.39 is 0 Å². The fourth-order valence-electron chi connectivity index (χ4n) is 0.426. The smallest absolute Gasteiger partial charge is 0.188 e. The molecule has 0 radical (unpaired) electrons. The molecule has 0 bridgehead atoms. The molecule has 0 aliphatic carbocycles. The topological polar surface area (TPSA) is 101 Å². The Morgan fingerprint density at radius 2 is 1.21 bits per heavy atom. The predicted molar refractivity (Wildman–Crippen MR) is 59.1 cm³/mol. The minimum atomic E-state index is 0.0850. The Bertz CT molecular complexity index is 258. The zero-order chi connectivity index (χ0) is 11.1. The molecular formula is C8H16N6. The number of nitrogens with zero attached hydrogens (tertiary/aromatic N) is 2. The van der Waals surface area contributed by atoms with Crippen LogP contribution in [0.1, 0.15) is 13.8 Å². The molecule has 0 saturated heterocycles. The number of allylic oxidation sites excluding steroid dienone is 2. The molecule has 0 unspecified atom stereocenters. The lowest BCUT2D eigenvalue weighted by Crippen LogP contribution is -2.34. The van der Waals surface area contributed by atoms with Gasteiger partial charge in [0.25, 0.3) is 0 Å². The number of hydrogen-bond donors (Lipinski definition) is 4. The van der Waals surface area contributed by atoms with Gasteiger partial charge in [0.05, 0.1) is 0 Å². The summed E-state index contributed by atoms with van der Waals surface area (Å²) in [5.41, 5.74) is 17.4. The first kappa shape index (κ1) is 12.0. The average molecular weight is 196 g/mol. The molecule has 0 heterocycles. The average Bonchev–Trinajstić information content (AvgIpc) is 2.09. The van der Waals surface area contributed by atoms with E-state index in [0.29, 0.717) is 11.4 Å². The zero-order valence-electron chi connectivity index (χ0n) is 8.46. The quantitative estimate of drug-likeness (QED) is 0.283. The molecule has 0 aromatic heterocycles. The number of hydrazone groups is 2. The summed E-state index contributed by atoms with van der Waals surface area (Å²) in [4.78, 5) is 0.